The first-order valence-corrected chi connectivity index (χ1v) is 5.22. The van der Waals surface area contributed by atoms with Crippen molar-refractivity contribution in [1.29, 1.82) is 0 Å². The fraction of sp³-hybridized carbons (Fsp3) is 0.417. The lowest BCUT2D eigenvalue weighted by Gasteiger charge is -2.13. The number of halogens is 1. The lowest BCUT2D eigenvalue weighted by Crippen LogP contribution is -2.14. The second-order valence-corrected chi connectivity index (χ2v) is 3.64. The van der Waals surface area contributed by atoms with Crippen molar-refractivity contribution in [2.24, 2.45) is 0 Å². The van der Waals surface area contributed by atoms with Crippen LogP contribution < -0.4 is 5.32 Å². The molecule has 4 heteroatoms. The second-order valence-electron chi connectivity index (χ2n) is 3.64. The molecule has 1 aromatic carbocycles. The molecule has 0 radical (unpaired) electrons. The van der Waals surface area contributed by atoms with Crippen LogP contribution in [0, 0.1) is 5.82 Å². The van der Waals surface area contributed by atoms with Crippen molar-refractivity contribution in [2.75, 3.05) is 12.4 Å². The van der Waals surface area contributed by atoms with Crippen LogP contribution in [0.3, 0.4) is 0 Å². The first-order valence-electron chi connectivity index (χ1n) is 5.22. The summed E-state index contributed by atoms with van der Waals surface area (Å²) in [6.45, 7) is 4.06. The minimum absolute atomic E-state index is 0.0456. The molecule has 1 atom stereocenters. The summed E-state index contributed by atoms with van der Waals surface area (Å²) in [6.07, 6.45) is 0.949. The van der Waals surface area contributed by atoms with Crippen molar-refractivity contribution in [2.45, 2.75) is 26.3 Å². The SMILES string of the molecule is CCC(C)Nc1ccc(F)c(C(=O)OC)c1. The van der Waals surface area contributed by atoms with Gasteiger partial charge in [-0.15, -0.1) is 0 Å². The molecule has 0 aliphatic rings. The number of anilines is 1. The van der Waals surface area contributed by atoms with Gasteiger partial charge in [-0.3, -0.25) is 0 Å². The Bertz CT molecular complexity index is 379. The van der Waals surface area contributed by atoms with E-state index in [0.29, 0.717) is 0 Å². The van der Waals surface area contributed by atoms with Gasteiger partial charge in [0.15, 0.2) is 0 Å². The molecule has 1 N–H and O–H groups in total. The van der Waals surface area contributed by atoms with Gasteiger partial charge in [-0.1, -0.05) is 6.92 Å². The van der Waals surface area contributed by atoms with Crippen LogP contribution >= 0.6 is 0 Å². The summed E-state index contributed by atoms with van der Waals surface area (Å²) in [5.41, 5.74) is 0.673. The number of ether oxygens (including phenoxy) is 1. The standard InChI is InChI=1S/C12H16FNO2/c1-4-8(2)14-9-5-6-11(13)10(7-9)12(15)16-3/h5-8,14H,4H2,1-3H3. The molecule has 0 spiro atoms. The van der Waals surface area contributed by atoms with E-state index in [9.17, 15) is 9.18 Å². The van der Waals surface area contributed by atoms with Gasteiger partial charge in [0.2, 0.25) is 0 Å². The van der Waals surface area contributed by atoms with Crippen LogP contribution in [0.1, 0.15) is 30.6 Å². The summed E-state index contributed by atoms with van der Waals surface area (Å²) in [5, 5.41) is 3.16. The lowest BCUT2D eigenvalue weighted by molar-refractivity contribution is 0.0595. The number of benzene rings is 1. The maximum Gasteiger partial charge on any atom is 0.340 e. The van der Waals surface area contributed by atoms with Crippen LogP contribution in [0.5, 0.6) is 0 Å². The van der Waals surface area contributed by atoms with E-state index < -0.39 is 11.8 Å². The van der Waals surface area contributed by atoms with E-state index >= 15 is 0 Å². The van der Waals surface area contributed by atoms with Gasteiger partial charge < -0.3 is 10.1 Å². The Kier molecular flexibility index (Phi) is 4.28. The number of methoxy groups -OCH3 is 1. The summed E-state index contributed by atoms with van der Waals surface area (Å²) < 4.78 is 17.8. The van der Waals surface area contributed by atoms with E-state index in [2.05, 4.69) is 10.1 Å². The zero-order chi connectivity index (χ0) is 12.1. The van der Waals surface area contributed by atoms with E-state index in [1.165, 1.54) is 19.2 Å². The van der Waals surface area contributed by atoms with E-state index in [1.54, 1.807) is 6.07 Å². The van der Waals surface area contributed by atoms with Crippen LogP contribution in [0.2, 0.25) is 0 Å². The fourth-order valence-electron chi connectivity index (χ4n) is 1.27. The number of rotatable bonds is 4. The Morgan fingerprint density at radius 1 is 1.56 bits per heavy atom. The molecule has 16 heavy (non-hydrogen) atoms. The topological polar surface area (TPSA) is 38.3 Å². The first kappa shape index (κ1) is 12.5. The molecule has 3 nitrogen and oxygen atoms in total. The molecule has 0 saturated carbocycles. The van der Waals surface area contributed by atoms with Crippen LogP contribution in [-0.4, -0.2) is 19.1 Å². The summed E-state index contributed by atoms with van der Waals surface area (Å²) in [5.74, 6) is -1.23. The molecular formula is C12H16FNO2. The highest BCUT2D eigenvalue weighted by atomic mass is 19.1. The van der Waals surface area contributed by atoms with E-state index in [-0.39, 0.29) is 11.6 Å². The third kappa shape index (κ3) is 2.95. The predicted octanol–water partition coefficient (Wildman–Crippen LogP) is 2.82. The van der Waals surface area contributed by atoms with Gasteiger partial charge in [0.25, 0.3) is 0 Å². The Morgan fingerprint density at radius 2 is 2.25 bits per heavy atom. The maximum absolute atomic E-state index is 13.3. The summed E-state index contributed by atoms with van der Waals surface area (Å²) >= 11 is 0. The largest absolute Gasteiger partial charge is 0.465 e. The third-order valence-electron chi connectivity index (χ3n) is 2.40. The number of carbonyl (C=O) groups excluding carboxylic acids is 1. The molecule has 1 aromatic rings. The molecule has 0 bridgehead atoms. The number of hydrogen-bond donors (Lipinski definition) is 1. The molecule has 0 heterocycles. The predicted molar refractivity (Wildman–Crippen MR) is 61.1 cm³/mol. The molecule has 0 amide bonds. The molecule has 88 valence electrons. The average molecular weight is 225 g/mol. The number of carbonyl (C=O) groups is 1. The number of esters is 1. The molecule has 0 aromatic heterocycles. The van der Waals surface area contributed by atoms with Crippen molar-refractivity contribution in [3.8, 4) is 0 Å². The molecule has 1 rings (SSSR count). The molecule has 0 aliphatic heterocycles. The van der Waals surface area contributed by atoms with E-state index in [0.717, 1.165) is 12.1 Å². The number of nitrogens with one attached hydrogen (secondary N) is 1. The first-order chi connectivity index (χ1) is 7.58. The zero-order valence-corrected chi connectivity index (χ0v) is 9.71. The van der Waals surface area contributed by atoms with Gasteiger partial charge in [-0.25, -0.2) is 9.18 Å². The molecule has 0 fully saturated rings. The van der Waals surface area contributed by atoms with Crippen molar-refractivity contribution < 1.29 is 13.9 Å². The second kappa shape index (κ2) is 5.49. The Hall–Kier alpha value is -1.58. The summed E-state index contributed by atoms with van der Waals surface area (Å²) in [6, 6.07) is 4.61. The molecule has 0 saturated heterocycles. The van der Waals surface area contributed by atoms with Crippen molar-refractivity contribution in [3.05, 3.63) is 29.6 Å². The normalized spacial score (nSPS) is 12.0. The molecular weight excluding hydrogens is 209 g/mol. The van der Waals surface area contributed by atoms with Crippen LogP contribution in [0.25, 0.3) is 0 Å². The Balaban J connectivity index is 2.93. The van der Waals surface area contributed by atoms with Gasteiger partial charge in [0, 0.05) is 11.7 Å². The van der Waals surface area contributed by atoms with E-state index in [4.69, 9.17) is 0 Å². The monoisotopic (exact) mass is 225 g/mol. The number of hydrogen-bond acceptors (Lipinski definition) is 3. The lowest BCUT2D eigenvalue weighted by atomic mass is 10.1. The van der Waals surface area contributed by atoms with Crippen molar-refractivity contribution in [1.82, 2.24) is 0 Å². The highest BCUT2D eigenvalue weighted by Crippen LogP contribution is 2.16. The minimum atomic E-state index is -0.662. The van der Waals surface area contributed by atoms with Crippen LogP contribution in [0.15, 0.2) is 18.2 Å². The Morgan fingerprint density at radius 3 is 2.81 bits per heavy atom. The Labute approximate surface area is 94.6 Å². The van der Waals surface area contributed by atoms with Gasteiger partial charge >= 0.3 is 5.97 Å². The average Bonchev–Trinajstić information content (AvgIpc) is 2.30. The molecule has 1 unspecified atom stereocenters. The van der Waals surface area contributed by atoms with Crippen molar-refractivity contribution >= 4 is 11.7 Å². The van der Waals surface area contributed by atoms with Crippen LogP contribution in [-0.2, 0) is 4.74 Å². The maximum atomic E-state index is 13.3. The third-order valence-corrected chi connectivity index (χ3v) is 2.40. The fourth-order valence-corrected chi connectivity index (χ4v) is 1.27. The quantitative estimate of drug-likeness (QED) is 0.801. The smallest absolute Gasteiger partial charge is 0.340 e. The highest BCUT2D eigenvalue weighted by molar-refractivity contribution is 5.90. The van der Waals surface area contributed by atoms with Crippen molar-refractivity contribution in [3.63, 3.8) is 0 Å². The zero-order valence-electron chi connectivity index (χ0n) is 9.71. The molecule has 0 aliphatic carbocycles. The highest BCUT2D eigenvalue weighted by Gasteiger charge is 2.13. The van der Waals surface area contributed by atoms with E-state index in [1.807, 2.05) is 13.8 Å². The van der Waals surface area contributed by atoms with Gasteiger partial charge in [-0.2, -0.15) is 0 Å². The summed E-state index contributed by atoms with van der Waals surface area (Å²) in [4.78, 5) is 11.3. The summed E-state index contributed by atoms with van der Waals surface area (Å²) in [7, 11) is 1.23. The van der Waals surface area contributed by atoms with Gasteiger partial charge in [0.05, 0.1) is 12.7 Å². The van der Waals surface area contributed by atoms with Gasteiger partial charge in [-0.05, 0) is 31.5 Å². The minimum Gasteiger partial charge on any atom is -0.465 e. The van der Waals surface area contributed by atoms with Crippen LogP contribution in [0.4, 0.5) is 10.1 Å². The van der Waals surface area contributed by atoms with Gasteiger partial charge in [0.1, 0.15) is 5.82 Å².